The topological polar surface area (TPSA) is 40.5 Å². The molecule has 0 aromatic carbocycles. The molecule has 3 nitrogen and oxygen atoms in total. The van der Waals surface area contributed by atoms with E-state index in [1.165, 1.54) is 0 Å². The van der Waals surface area contributed by atoms with Gasteiger partial charge in [-0.2, -0.15) is 0 Å². The summed E-state index contributed by atoms with van der Waals surface area (Å²) >= 11 is 0. The van der Waals surface area contributed by atoms with Crippen molar-refractivity contribution >= 4 is 5.78 Å². The molecule has 0 radical (unpaired) electrons. The third-order valence-electron chi connectivity index (χ3n) is 3.87. The fourth-order valence-electron chi connectivity index (χ4n) is 2.89. The minimum absolute atomic E-state index is 0.178. The van der Waals surface area contributed by atoms with Gasteiger partial charge in [0.15, 0.2) is 0 Å². The molecule has 1 N–H and O–H groups in total. The highest BCUT2D eigenvalue weighted by Crippen LogP contribution is 2.28. The second-order valence-electron chi connectivity index (χ2n) is 5.12. The molecule has 1 saturated carbocycles. The number of carbonyl (C=O) groups is 1. The van der Waals surface area contributed by atoms with Crippen molar-refractivity contribution in [2.24, 2.45) is 5.92 Å². The maximum absolute atomic E-state index is 11.5. The third kappa shape index (κ3) is 2.58. The van der Waals surface area contributed by atoms with Gasteiger partial charge in [-0.25, -0.2) is 0 Å². The van der Waals surface area contributed by atoms with E-state index in [-0.39, 0.29) is 6.10 Å². The number of nitrogens with zero attached hydrogens (tertiary/aromatic N) is 1. The molecule has 1 saturated heterocycles. The number of carbonyl (C=O) groups excluding carboxylic acids is 1. The molecular weight excluding hydrogens is 190 g/mol. The first kappa shape index (κ1) is 11.1. The second-order valence-corrected chi connectivity index (χ2v) is 5.12. The number of likely N-dealkylation sites (tertiary alicyclic amines) is 1. The standard InChI is InChI=1S/C12H21NO2/c1-9-4-5-10(14)7-12(9)13-6-2-3-11(15)8-13/h9,11-12,15H,2-8H2,1H3. The largest absolute Gasteiger partial charge is 0.392 e. The number of aliphatic hydroxyl groups is 1. The van der Waals surface area contributed by atoms with Crippen LogP contribution in [0.15, 0.2) is 0 Å². The van der Waals surface area contributed by atoms with Crippen molar-refractivity contribution in [2.75, 3.05) is 13.1 Å². The molecule has 1 aliphatic carbocycles. The lowest BCUT2D eigenvalue weighted by Crippen LogP contribution is -2.49. The van der Waals surface area contributed by atoms with Gasteiger partial charge >= 0.3 is 0 Å². The maximum atomic E-state index is 11.5. The number of Topliss-reactive ketones (excluding diaryl/α,β-unsaturated/α-hetero) is 1. The number of β-amino-alcohol motifs (C(OH)–C–C–N with tert-alkyl or cyclic N) is 1. The molecule has 15 heavy (non-hydrogen) atoms. The lowest BCUT2D eigenvalue weighted by molar-refractivity contribution is -0.124. The molecule has 0 spiro atoms. The molecule has 2 aliphatic rings. The molecule has 1 aliphatic heterocycles. The van der Waals surface area contributed by atoms with E-state index in [1.54, 1.807) is 0 Å². The molecule has 3 unspecified atom stereocenters. The molecule has 3 heteroatoms. The van der Waals surface area contributed by atoms with Crippen molar-refractivity contribution in [3.63, 3.8) is 0 Å². The number of aliphatic hydroxyl groups excluding tert-OH is 1. The zero-order chi connectivity index (χ0) is 10.8. The van der Waals surface area contributed by atoms with Gasteiger partial charge in [-0.1, -0.05) is 6.92 Å². The number of hydrogen-bond donors (Lipinski definition) is 1. The predicted octanol–water partition coefficient (Wildman–Crippen LogP) is 1.20. The Morgan fingerprint density at radius 1 is 1.40 bits per heavy atom. The first-order valence-electron chi connectivity index (χ1n) is 6.10. The van der Waals surface area contributed by atoms with Crippen LogP contribution in [0, 0.1) is 5.92 Å². The van der Waals surface area contributed by atoms with Crippen LogP contribution in [0.3, 0.4) is 0 Å². The number of ketones is 1. The summed E-state index contributed by atoms with van der Waals surface area (Å²) in [7, 11) is 0. The summed E-state index contributed by atoms with van der Waals surface area (Å²) < 4.78 is 0. The highest BCUT2D eigenvalue weighted by atomic mass is 16.3. The highest BCUT2D eigenvalue weighted by Gasteiger charge is 2.33. The smallest absolute Gasteiger partial charge is 0.134 e. The highest BCUT2D eigenvalue weighted by molar-refractivity contribution is 5.79. The van der Waals surface area contributed by atoms with Gasteiger partial charge in [-0.05, 0) is 31.7 Å². The van der Waals surface area contributed by atoms with E-state index in [4.69, 9.17) is 0 Å². The molecule has 2 fully saturated rings. The van der Waals surface area contributed by atoms with Crippen LogP contribution in [0.2, 0.25) is 0 Å². The number of piperidine rings is 1. The lowest BCUT2D eigenvalue weighted by Gasteiger charge is -2.41. The minimum atomic E-state index is -0.178. The SMILES string of the molecule is CC1CCC(=O)CC1N1CCCC(O)C1. The predicted molar refractivity (Wildman–Crippen MR) is 58.6 cm³/mol. The van der Waals surface area contributed by atoms with Gasteiger partial charge in [0.2, 0.25) is 0 Å². The Bertz CT molecular complexity index is 242. The summed E-state index contributed by atoms with van der Waals surface area (Å²) in [6.07, 6.45) is 4.30. The average molecular weight is 211 g/mol. The van der Waals surface area contributed by atoms with Crippen molar-refractivity contribution in [1.82, 2.24) is 4.90 Å². The van der Waals surface area contributed by atoms with Crippen LogP contribution in [0.25, 0.3) is 0 Å². The molecule has 0 bridgehead atoms. The summed E-state index contributed by atoms with van der Waals surface area (Å²) in [4.78, 5) is 13.8. The average Bonchev–Trinajstić information content (AvgIpc) is 2.22. The van der Waals surface area contributed by atoms with Crippen molar-refractivity contribution < 1.29 is 9.90 Å². The van der Waals surface area contributed by atoms with Gasteiger partial charge in [-0.15, -0.1) is 0 Å². The Morgan fingerprint density at radius 2 is 2.20 bits per heavy atom. The summed E-state index contributed by atoms with van der Waals surface area (Å²) in [5.74, 6) is 1.01. The van der Waals surface area contributed by atoms with Crippen LogP contribution in [-0.2, 0) is 4.79 Å². The first-order chi connectivity index (χ1) is 7.16. The summed E-state index contributed by atoms with van der Waals surface area (Å²) in [5, 5.41) is 9.64. The fourth-order valence-corrected chi connectivity index (χ4v) is 2.89. The lowest BCUT2D eigenvalue weighted by atomic mass is 9.83. The van der Waals surface area contributed by atoms with Gasteiger partial charge in [0.05, 0.1) is 6.10 Å². The van der Waals surface area contributed by atoms with Crippen LogP contribution in [0.1, 0.15) is 39.0 Å². The minimum Gasteiger partial charge on any atom is -0.392 e. The maximum Gasteiger partial charge on any atom is 0.134 e. The van der Waals surface area contributed by atoms with E-state index < -0.39 is 0 Å². The molecule has 2 rings (SSSR count). The summed E-state index contributed by atoms with van der Waals surface area (Å²) in [6.45, 7) is 4.06. The van der Waals surface area contributed by atoms with Gasteiger partial charge in [0, 0.05) is 25.4 Å². The van der Waals surface area contributed by atoms with Gasteiger partial charge in [0.1, 0.15) is 5.78 Å². The second kappa shape index (κ2) is 4.62. The first-order valence-corrected chi connectivity index (χ1v) is 6.10. The van der Waals surface area contributed by atoms with E-state index in [1.807, 2.05) is 0 Å². The van der Waals surface area contributed by atoms with Crippen molar-refractivity contribution in [1.29, 1.82) is 0 Å². The van der Waals surface area contributed by atoms with E-state index in [9.17, 15) is 9.90 Å². The Kier molecular flexibility index (Phi) is 3.42. The van der Waals surface area contributed by atoms with E-state index in [2.05, 4.69) is 11.8 Å². The normalized spacial score (nSPS) is 39.3. The Morgan fingerprint density at radius 3 is 2.93 bits per heavy atom. The quantitative estimate of drug-likeness (QED) is 0.708. The summed E-state index contributed by atoms with van der Waals surface area (Å²) in [6, 6.07) is 0.390. The third-order valence-corrected chi connectivity index (χ3v) is 3.87. The molecule has 86 valence electrons. The zero-order valence-corrected chi connectivity index (χ0v) is 9.48. The Labute approximate surface area is 91.5 Å². The van der Waals surface area contributed by atoms with Crippen LogP contribution in [0.5, 0.6) is 0 Å². The van der Waals surface area contributed by atoms with Crippen molar-refractivity contribution in [3.8, 4) is 0 Å². The zero-order valence-electron chi connectivity index (χ0n) is 9.48. The monoisotopic (exact) mass is 211 g/mol. The van der Waals surface area contributed by atoms with E-state index >= 15 is 0 Å². The summed E-state index contributed by atoms with van der Waals surface area (Å²) in [5.41, 5.74) is 0. The molecule has 0 aromatic rings. The van der Waals surface area contributed by atoms with E-state index in [0.29, 0.717) is 24.2 Å². The Hall–Kier alpha value is -0.410. The molecular formula is C12H21NO2. The fraction of sp³-hybridized carbons (Fsp3) is 0.917. The molecule has 3 atom stereocenters. The molecule has 1 heterocycles. The van der Waals surface area contributed by atoms with Gasteiger partial charge < -0.3 is 5.11 Å². The van der Waals surface area contributed by atoms with E-state index in [0.717, 1.165) is 38.8 Å². The Balaban J connectivity index is 1.97. The van der Waals surface area contributed by atoms with Crippen LogP contribution >= 0.6 is 0 Å². The van der Waals surface area contributed by atoms with Crippen molar-refractivity contribution in [3.05, 3.63) is 0 Å². The van der Waals surface area contributed by atoms with Crippen LogP contribution in [-0.4, -0.2) is 41.0 Å². The molecule has 0 amide bonds. The number of rotatable bonds is 1. The van der Waals surface area contributed by atoms with Gasteiger partial charge in [-0.3, -0.25) is 9.69 Å². The van der Waals surface area contributed by atoms with Crippen LogP contribution in [0.4, 0.5) is 0 Å². The number of hydrogen-bond acceptors (Lipinski definition) is 3. The molecule has 0 aromatic heterocycles. The van der Waals surface area contributed by atoms with Crippen molar-refractivity contribution in [2.45, 2.75) is 51.2 Å². The van der Waals surface area contributed by atoms with Crippen LogP contribution < -0.4 is 0 Å². The van der Waals surface area contributed by atoms with Gasteiger partial charge in [0.25, 0.3) is 0 Å².